The minimum atomic E-state index is -0.121. The van der Waals surface area contributed by atoms with Gasteiger partial charge >= 0.3 is 0 Å². The summed E-state index contributed by atoms with van der Waals surface area (Å²) >= 11 is 0. The van der Waals surface area contributed by atoms with E-state index in [1.807, 2.05) is 36.0 Å². The lowest BCUT2D eigenvalue weighted by atomic mass is 10.1. The van der Waals surface area contributed by atoms with Gasteiger partial charge in [-0.2, -0.15) is 0 Å². The SMILES string of the molecule is Cn1ccnc1CN(Cc1ccc2c(c1)OCO2)C(=O)c1ccc2c(c1)OCO2. The molecule has 2 aliphatic heterocycles. The molecule has 0 N–H and O–H groups in total. The molecular weight excluding hydrogens is 374 g/mol. The molecule has 29 heavy (non-hydrogen) atoms. The zero-order chi connectivity index (χ0) is 19.8. The number of hydrogen-bond acceptors (Lipinski definition) is 6. The van der Waals surface area contributed by atoms with Crippen molar-refractivity contribution in [1.29, 1.82) is 0 Å². The van der Waals surface area contributed by atoms with Gasteiger partial charge in [0.2, 0.25) is 13.6 Å². The molecule has 0 bridgehead atoms. The Kier molecular flexibility index (Phi) is 4.23. The summed E-state index contributed by atoms with van der Waals surface area (Å²) in [5, 5.41) is 0. The molecule has 3 heterocycles. The second-order valence-electron chi connectivity index (χ2n) is 6.87. The number of fused-ring (bicyclic) bond motifs is 2. The van der Waals surface area contributed by atoms with Crippen molar-refractivity contribution < 1.29 is 23.7 Å². The Morgan fingerprint density at radius 1 is 0.966 bits per heavy atom. The largest absolute Gasteiger partial charge is 0.454 e. The third-order valence-corrected chi connectivity index (χ3v) is 4.97. The van der Waals surface area contributed by atoms with Gasteiger partial charge in [0.1, 0.15) is 5.82 Å². The molecule has 148 valence electrons. The molecule has 0 fully saturated rings. The van der Waals surface area contributed by atoms with E-state index in [-0.39, 0.29) is 19.5 Å². The summed E-state index contributed by atoms with van der Waals surface area (Å²) < 4.78 is 23.5. The highest BCUT2D eigenvalue weighted by molar-refractivity contribution is 5.95. The van der Waals surface area contributed by atoms with E-state index in [1.54, 1.807) is 29.3 Å². The van der Waals surface area contributed by atoms with E-state index >= 15 is 0 Å². The smallest absolute Gasteiger partial charge is 0.254 e. The number of hydrogen-bond donors (Lipinski definition) is 0. The van der Waals surface area contributed by atoms with E-state index in [4.69, 9.17) is 18.9 Å². The first kappa shape index (κ1) is 17.4. The molecule has 5 rings (SSSR count). The molecule has 2 aromatic carbocycles. The molecule has 0 saturated carbocycles. The van der Waals surface area contributed by atoms with Crippen molar-refractivity contribution in [2.24, 2.45) is 7.05 Å². The second kappa shape index (κ2) is 7.05. The Balaban J connectivity index is 1.44. The van der Waals surface area contributed by atoms with Crippen molar-refractivity contribution in [2.45, 2.75) is 13.1 Å². The number of amides is 1. The lowest BCUT2D eigenvalue weighted by Gasteiger charge is -2.23. The van der Waals surface area contributed by atoms with E-state index < -0.39 is 0 Å². The molecule has 0 radical (unpaired) electrons. The van der Waals surface area contributed by atoms with Gasteiger partial charge in [0.25, 0.3) is 5.91 Å². The van der Waals surface area contributed by atoms with Crippen LogP contribution in [0.4, 0.5) is 0 Å². The van der Waals surface area contributed by atoms with Gasteiger partial charge in [0, 0.05) is 31.5 Å². The Morgan fingerprint density at radius 2 is 1.66 bits per heavy atom. The number of benzene rings is 2. The molecular formula is C21H19N3O5. The van der Waals surface area contributed by atoms with Gasteiger partial charge < -0.3 is 28.4 Å². The van der Waals surface area contributed by atoms with Gasteiger partial charge in [-0.3, -0.25) is 4.79 Å². The molecule has 0 aliphatic carbocycles. The molecule has 3 aromatic rings. The van der Waals surface area contributed by atoms with E-state index in [9.17, 15) is 4.79 Å². The van der Waals surface area contributed by atoms with E-state index in [0.29, 0.717) is 41.7 Å². The van der Waals surface area contributed by atoms with E-state index in [0.717, 1.165) is 11.4 Å². The Morgan fingerprint density at radius 3 is 2.38 bits per heavy atom. The van der Waals surface area contributed by atoms with E-state index in [2.05, 4.69) is 4.98 Å². The van der Waals surface area contributed by atoms with Crippen molar-refractivity contribution in [3.63, 3.8) is 0 Å². The highest BCUT2D eigenvalue weighted by atomic mass is 16.7. The van der Waals surface area contributed by atoms with Crippen LogP contribution in [-0.4, -0.2) is 33.9 Å². The first-order valence-electron chi connectivity index (χ1n) is 9.21. The number of aromatic nitrogens is 2. The number of rotatable bonds is 5. The van der Waals surface area contributed by atoms with Crippen molar-refractivity contribution in [3.8, 4) is 23.0 Å². The van der Waals surface area contributed by atoms with Crippen LogP contribution in [0, 0.1) is 0 Å². The molecule has 2 aliphatic rings. The van der Waals surface area contributed by atoms with Crippen molar-refractivity contribution in [2.75, 3.05) is 13.6 Å². The van der Waals surface area contributed by atoms with Crippen LogP contribution in [0.5, 0.6) is 23.0 Å². The average Bonchev–Trinajstić information content (AvgIpc) is 3.47. The highest BCUT2D eigenvalue weighted by Crippen LogP contribution is 2.34. The van der Waals surface area contributed by atoms with Crippen LogP contribution in [0.25, 0.3) is 0 Å². The first-order valence-corrected chi connectivity index (χ1v) is 9.21. The van der Waals surface area contributed by atoms with Gasteiger partial charge in [-0.25, -0.2) is 4.98 Å². The first-order chi connectivity index (χ1) is 14.2. The molecule has 0 spiro atoms. The van der Waals surface area contributed by atoms with Crippen LogP contribution < -0.4 is 18.9 Å². The number of aryl methyl sites for hydroxylation is 1. The fraction of sp³-hybridized carbons (Fsp3) is 0.238. The molecule has 1 aromatic heterocycles. The summed E-state index contributed by atoms with van der Waals surface area (Å²) in [6, 6.07) is 10.9. The van der Waals surface area contributed by atoms with Crippen molar-refractivity contribution in [3.05, 3.63) is 65.7 Å². The summed E-state index contributed by atoms with van der Waals surface area (Å²) in [4.78, 5) is 19.5. The lowest BCUT2D eigenvalue weighted by Crippen LogP contribution is -2.31. The zero-order valence-corrected chi connectivity index (χ0v) is 15.8. The maximum Gasteiger partial charge on any atom is 0.254 e. The summed E-state index contributed by atoms with van der Waals surface area (Å²) in [7, 11) is 1.91. The number of ether oxygens (including phenoxy) is 4. The zero-order valence-electron chi connectivity index (χ0n) is 15.8. The predicted molar refractivity (Wildman–Crippen MR) is 102 cm³/mol. The number of carbonyl (C=O) groups excluding carboxylic acids is 1. The number of carbonyl (C=O) groups is 1. The molecule has 0 unspecified atom stereocenters. The molecule has 1 amide bonds. The van der Waals surface area contributed by atoms with Crippen LogP contribution in [-0.2, 0) is 20.1 Å². The standard InChI is InChI=1S/C21H19N3O5/c1-23-7-6-22-20(23)11-24(10-14-2-4-16-18(8-14)28-12-26-16)21(25)15-3-5-17-19(9-15)29-13-27-17/h2-9H,10-13H2,1H3. The Labute approximate surface area is 167 Å². The van der Waals surface area contributed by atoms with Crippen molar-refractivity contribution in [1.82, 2.24) is 14.5 Å². The molecule has 8 nitrogen and oxygen atoms in total. The number of nitrogens with zero attached hydrogens (tertiary/aromatic N) is 3. The monoisotopic (exact) mass is 393 g/mol. The fourth-order valence-corrected chi connectivity index (χ4v) is 3.39. The normalized spacial score (nSPS) is 13.6. The van der Waals surface area contributed by atoms with Crippen LogP contribution >= 0.6 is 0 Å². The summed E-state index contributed by atoms with van der Waals surface area (Å²) in [6.07, 6.45) is 3.58. The average molecular weight is 393 g/mol. The topological polar surface area (TPSA) is 75.1 Å². The Bertz CT molecular complexity index is 1080. The molecule has 8 heteroatoms. The summed E-state index contributed by atoms with van der Waals surface area (Å²) in [5.41, 5.74) is 1.47. The van der Waals surface area contributed by atoms with Gasteiger partial charge in [-0.15, -0.1) is 0 Å². The summed E-state index contributed by atoms with van der Waals surface area (Å²) in [5.74, 6) is 3.30. The minimum absolute atomic E-state index is 0.121. The number of imidazole rings is 1. The van der Waals surface area contributed by atoms with Gasteiger partial charge in [0.15, 0.2) is 23.0 Å². The van der Waals surface area contributed by atoms with E-state index in [1.165, 1.54) is 0 Å². The fourth-order valence-electron chi connectivity index (χ4n) is 3.39. The quantitative estimate of drug-likeness (QED) is 0.664. The van der Waals surface area contributed by atoms with Gasteiger partial charge in [-0.05, 0) is 35.9 Å². The third-order valence-electron chi connectivity index (χ3n) is 4.97. The predicted octanol–water partition coefficient (Wildman–Crippen LogP) is 2.72. The maximum absolute atomic E-state index is 13.4. The highest BCUT2D eigenvalue weighted by Gasteiger charge is 2.23. The summed E-state index contributed by atoms with van der Waals surface area (Å²) in [6.45, 7) is 1.15. The third kappa shape index (κ3) is 3.33. The minimum Gasteiger partial charge on any atom is -0.454 e. The van der Waals surface area contributed by atoms with Gasteiger partial charge in [0.05, 0.1) is 6.54 Å². The van der Waals surface area contributed by atoms with Crippen LogP contribution in [0.3, 0.4) is 0 Å². The van der Waals surface area contributed by atoms with Crippen LogP contribution in [0.15, 0.2) is 48.8 Å². The second-order valence-corrected chi connectivity index (χ2v) is 6.87. The Hall–Kier alpha value is -3.68. The maximum atomic E-state index is 13.4. The van der Waals surface area contributed by atoms with Crippen molar-refractivity contribution >= 4 is 5.91 Å². The lowest BCUT2D eigenvalue weighted by molar-refractivity contribution is 0.0723. The molecule has 0 atom stereocenters. The van der Waals surface area contributed by atoms with Crippen LogP contribution in [0.2, 0.25) is 0 Å². The van der Waals surface area contributed by atoms with Crippen LogP contribution in [0.1, 0.15) is 21.7 Å². The molecule has 0 saturated heterocycles. The van der Waals surface area contributed by atoms with Gasteiger partial charge in [-0.1, -0.05) is 6.07 Å².